The van der Waals surface area contributed by atoms with Gasteiger partial charge in [-0.2, -0.15) is 0 Å². The van der Waals surface area contributed by atoms with Gasteiger partial charge in [0.2, 0.25) is 0 Å². The highest BCUT2D eigenvalue weighted by molar-refractivity contribution is 5.55. The van der Waals surface area contributed by atoms with Crippen LogP contribution in [-0.4, -0.2) is 84.1 Å². The Hall–Kier alpha value is -2.22. The topological polar surface area (TPSA) is 76.0 Å². The second-order valence-electron chi connectivity index (χ2n) is 8.35. The van der Waals surface area contributed by atoms with E-state index in [1.54, 1.807) is 6.33 Å². The minimum Gasteiger partial charge on any atom is -0.395 e. The smallest absolute Gasteiger partial charge is 0.134 e. The Labute approximate surface area is 166 Å². The van der Waals surface area contributed by atoms with E-state index < -0.39 is 0 Å². The van der Waals surface area contributed by atoms with Crippen molar-refractivity contribution in [2.75, 3.05) is 56.7 Å². The van der Waals surface area contributed by atoms with E-state index in [9.17, 15) is 10.2 Å². The van der Waals surface area contributed by atoms with Crippen LogP contribution in [0.3, 0.4) is 0 Å². The van der Waals surface area contributed by atoms with E-state index >= 15 is 0 Å². The molecule has 2 aliphatic heterocycles. The maximum atomic E-state index is 10.2. The van der Waals surface area contributed by atoms with E-state index in [-0.39, 0.29) is 24.2 Å². The molecule has 2 fully saturated rings. The Kier molecular flexibility index (Phi) is 5.23. The first kappa shape index (κ1) is 19.1. The molecule has 3 heterocycles. The first-order valence-corrected chi connectivity index (χ1v) is 9.83. The van der Waals surface area contributed by atoms with Crippen LogP contribution < -0.4 is 9.80 Å². The Morgan fingerprint density at radius 2 is 1.86 bits per heavy atom. The molecule has 7 heteroatoms. The Bertz CT molecular complexity index is 794. The van der Waals surface area contributed by atoms with Crippen LogP contribution in [0.4, 0.5) is 11.6 Å². The molecule has 0 amide bonds. The predicted octanol–water partition coefficient (Wildman–Crippen LogP) is 0.728. The van der Waals surface area contributed by atoms with Crippen molar-refractivity contribution in [2.45, 2.75) is 24.0 Å². The molecule has 0 aliphatic carbocycles. The summed E-state index contributed by atoms with van der Waals surface area (Å²) in [6.45, 7) is 3.05. The highest BCUT2D eigenvalue weighted by Gasteiger charge is 2.44. The van der Waals surface area contributed by atoms with Crippen molar-refractivity contribution < 1.29 is 10.2 Å². The van der Waals surface area contributed by atoms with Gasteiger partial charge in [0.15, 0.2) is 0 Å². The fourth-order valence-electron chi connectivity index (χ4n) is 4.45. The van der Waals surface area contributed by atoms with Gasteiger partial charge in [0.05, 0.1) is 18.1 Å². The molecule has 1 aromatic heterocycles. The number of anilines is 2. The minimum absolute atomic E-state index is 0.120. The summed E-state index contributed by atoms with van der Waals surface area (Å²) in [6, 6.07) is 12.4. The zero-order valence-corrected chi connectivity index (χ0v) is 16.6. The van der Waals surface area contributed by atoms with Crippen LogP contribution in [0, 0.1) is 0 Å². The fourth-order valence-corrected chi connectivity index (χ4v) is 4.45. The normalized spacial score (nSPS) is 23.9. The Morgan fingerprint density at radius 1 is 1.14 bits per heavy atom. The minimum atomic E-state index is -0.326. The lowest BCUT2D eigenvalue weighted by atomic mass is 9.74. The second-order valence-corrected chi connectivity index (χ2v) is 8.35. The first-order valence-electron chi connectivity index (χ1n) is 9.83. The largest absolute Gasteiger partial charge is 0.395 e. The SMILES string of the molecule is CN(C)C[C@H]1C[C@@H](O)CN1c1cc(N2CC(CO)(c3ccccc3)C2)ncn1. The van der Waals surface area contributed by atoms with E-state index in [2.05, 4.69) is 36.8 Å². The van der Waals surface area contributed by atoms with Crippen molar-refractivity contribution in [3.05, 3.63) is 48.3 Å². The average Bonchev–Trinajstić information content (AvgIpc) is 3.02. The summed E-state index contributed by atoms with van der Waals surface area (Å²) < 4.78 is 0. The molecule has 4 rings (SSSR count). The predicted molar refractivity (Wildman–Crippen MR) is 110 cm³/mol. The standard InChI is InChI=1S/C21H29N5O2/c1-24(2)10-17-8-18(28)11-26(17)20-9-19(22-15-23-20)25-12-21(13-25,14-27)16-6-4-3-5-7-16/h3-7,9,15,17-18,27-28H,8,10-14H2,1-2H3/t17-,18-/m1/s1. The molecule has 2 saturated heterocycles. The van der Waals surface area contributed by atoms with E-state index in [0.29, 0.717) is 6.54 Å². The van der Waals surface area contributed by atoms with Gasteiger partial charge in [-0.1, -0.05) is 30.3 Å². The third kappa shape index (κ3) is 3.57. The van der Waals surface area contributed by atoms with Crippen LogP contribution in [0.15, 0.2) is 42.7 Å². The van der Waals surface area contributed by atoms with Crippen molar-refractivity contribution in [3.63, 3.8) is 0 Å². The third-order valence-corrected chi connectivity index (χ3v) is 5.90. The van der Waals surface area contributed by atoms with Crippen LogP contribution in [-0.2, 0) is 5.41 Å². The van der Waals surface area contributed by atoms with Gasteiger partial charge in [-0.05, 0) is 26.1 Å². The summed E-state index contributed by atoms with van der Waals surface area (Å²) in [6.07, 6.45) is 2.03. The number of aliphatic hydroxyl groups excluding tert-OH is 2. The molecule has 0 spiro atoms. The number of aromatic nitrogens is 2. The highest BCUT2D eigenvalue weighted by Crippen LogP contribution is 2.37. The van der Waals surface area contributed by atoms with Gasteiger partial charge in [0.25, 0.3) is 0 Å². The van der Waals surface area contributed by atoms with Crippen LogP contribution in [0.2, 0.25) is 0 Å². The molecule has 0 saturated carbocycles. The molecule has 0 unspecified atom stereocenters. The number of nitrogens with zero attached hydrogens (tertiary/aromatic N) is 5. The fraction of sp³-hybridized carbons (Fsp3) is 0.524. The Morgan fingerprint density at radius 3 is 2.54 bits per heavy atom. The summed E-state index contributed by atoms with van der Waals surface area (Å²) >= 11 is 0. The summed E-state index contributed by atoms with van der Waals surface area (Å²) in [7, 11) is 4.10. The quantitative estimate of drug-likeness (QED) is 0.762. The summed E-state index contributed by atoms with van der Waals surface area (Å²) in [5.74, 6) is 1.73. The molecule has 150 valence electrons. The van der Waals surface area contributed by atoms with Crippen molar-refractivity contribution in [1.82, 2.24) is 14.9 Å². The van der Waals surface area contributed by atoms with E-state index in [0.717, 1.165) is 43.3 Å². The van der Waals surface area contributed by atoms with Crippen molar-refractivity contribution in [2.24, 2.45) is 0 Å². The van der Waals surface area contributed by atoms with Gasteiger partial charge in [-0.3, -0.25) is 0 Å². The highest BCUT2D eigenvalue weighted by atomic mass is 16.3. The van der Waals surface area contributed by atoms with Crippen LogP contribution in [0.1, 0.15) is 12.0 Å². The van der Waals surface area contributed by atoms with Gasteiger partial charge >= 0.3 is 0 Å². The number of rotatable bonds is 6. The summed E-state index contributed by atoms with van der Waals surface area (Å²) in [5.41, 5.74) is 0.931. The van der Waals surface area contributed by atoms with Crippen LogP contribution in [0.5, 0.6) is 0 Å². The molecule has 2 atom stereocenters. The number of β-amino-alcohol motifs (C(OH)–C–C–N with tert-alkyl or cyclic N) is 1. The maximum Gasteiger partial charge on any atom is 0.134 e. The molecule has 0 bridgehead atoms. The molecular weight excluding hydrogens is 354 g/mol. The van der Waals surface area contributed by atoms with Crippen LogP contribution in [0.25, 0.3) is 0 Å². The monoisotopic (exact) mass is 383 g/mol. The van der Waals surface area contributed by atoms with E-state index in [1.165, 1.54) is 0 Å². The molecule has 2 aromatic rings. The number of aliphatic hydroxyl groups is 2. The van der Waals surface area contributed by atoms with Gasteiger partial charge in [-0.15, -0.1) is 0 Å². The van der Waals surface area contributed by atoms with Crippen molar-refractivity contribution in [3.8, 4) is 0 Å². The lowest BCUT2D eigenvalue weighted by Crippen LogP contribution is -2.61. The van der Waals surface area contributed by atoms with Gasteiger partial charge < -0.3 is 24.9 Å². The molecular formula is C21H29N5O2. The lowest BCUT2D eigenvalue weighted by Gasteiger charge is -2.50. The van der Waals surface area contributed by atoms with Gasteiger partial charge in [0, 0.05) is 38.3 Å². The maximum absolute atomic E-state index is 10.2. The van der Waals surface area contributed by atoms with Crippen molar-refractivity contribution in [1.29, 1.82) is 0 Å². The van der Waals surface area contributed by atoms with Crippen molar-refractivity contribution >= 4 is 11.6 Å². The summed E-state index contributed by atoms with van der Waals surface area (Å²) in [5, 5.41) is 20.2. The second kappa shape index (κ2) is 7.66. The molecule has 2 N–H and O–H groups in total. The third-order valence-electron chi connectivity index (χ3n) is 5.90. The molecule has 2 aliphatic rings. The van der Waals surface area contributed by atoms with E-state index in [1.807, 2.05) is 38.4 Å². The van der Waals surface area contributed by atoms with Crippen LogP contribution >= 0.6 is 0 Å². The summed E-state index contributed by atoms with van der Waals surface area (Å²) in [4.78, 5) is 15.5. The van der Waals surface area contributed by atoms with Gasteiger partial charge in [-0.25, -0.2) is 9.97 Å². The number of hydrogen-bond donors (Lipinski definition) is 2. The number of benzene rings is 1. The van der Waals surface area contributed by atoms with E-state index in [4.69, 9.17) is 0 Å². The number of likely N-dealkylation sites (N-methyl/N-ethyl adjacent to an activating group) is 1. The molecule has 0 radical (unpaired) electrons. The first-order chi connectivity index (χ1) is 13.5. The lowest BCUT2D eigenvalue weighted by molar-refractivity contribution is 0.162. The number of hydrogen-bond acceptors (Lipinski definition) is 7. The Balaban J connectivity index is 1.51. The molecule has 28 heavy (non-hydrogen) atoms. The zero-order chi connectivity index (χ0) is 19.7. The average molecular weight is 383 g/mol. The molecule has 1 aromatic carbocycles. The van der Waals surface area contributed by atoms with Gasteiger partial charge in [0.1, 0.15) is 18.0 Å². The molecule has 7 nitrogen and oxygen atoms in total. The zero-order valence-electron chi connectivity index (χ0n) is 16.6.